The van der Waals surface area contributed by atoms with Gasteiger partial charge in [0.25, 0.3) is 11.7 Å². The van der Waals surface area contributed by atoms with Gasteiger partial charge in [-0.3, -0.25) is 19.5 Å². The van der Waals surface area contributed by atoms with E-state index in [9.17, 15) is 19.8 Å². The van der Waals surface area contributed by atoms with Gasteiger partial charge in [0.05, 0.1) is 17.3 Å². The smallest absolute Gasteiger partial charge is 0.300 e. The lowest BCUT2D eigenvalue weighted by Crippen LogP contribution is -2.29. The number of pyridine rings is 1. The van der Waals surface area contributed by atoms with Crippen LogP contribution >= 0.6 is 0 Å². The van der Waals surface area contributed by atoms with Crippen molar-refractivity contribution in [3.63, 3.8) is 0 Å². The molecule has 5 rings (SSSR count). The normalized spacial score (nSPS) is 17.6. The third-order valence-corrected chi connectivity index (χ3v) is 5.90. The van der Waals surface area contributed by atoms with Crippen LogP contribution in [0.15, 0.2) is 90.8 Å². The van der Waals surface area contributed by atoms with Gasteiger partial charge in [-0.05, 0) is 53.1 Å². The van der Waals surface area contributed by atoms with Crippen LogP contribution in [0.5, 0.6) is 5.75 Å². The summed E-state index contributed by atoms with van der Waals surface area (Å²) in [6, 6.07) is 20.2. The molecular weight excluding hydrogens is 416 g/mol. The summed E-state index contributed by atoms with van der Waals surface area (Å²) in [5, 5.41) is 23.6. The largest absolute Gasteiger partial charge is 0.507 e. The number of carbonyl (C=O) groups is 2. The van der Waals surface area contributed by atoms with Crippen LogP contribution in [0.4, 0.5) is 5.69 Å². The second-order valence-electron chi connectivity index (χ2n) is 7.97. The highest BCUT2D eigenvalue weighted by Gasteiger charge is 2.47. The van der Waals surface area contributed by atoms with Gasteiger partial charge in [0.2, 0.25) is 0 Å². The third kappa shape index (κ3) is 3.32. The van der Waals surface area contributed by atoms with Gasteiger partial charge in [-0.25, -0.2) is 0 Å². The Morgan fingerprint density at radius 3 is 2.45 bits per heavy atom. The number of fused-ring (bicyclic) bond motifs is 1. The van der Waals surface area contributed by atoms with E-state index in [1.54, 1.807) is 48.8 Å². The van der Waals surface area contributed by atoms with Crippen LogP contribution < -0.4 is 4.90 Å². The van der Waals surface area contributed by atoms with Gasteiger partial charge < -0.3 is 10.2 Å². The molecule has 1 saturated heterocycles. The number of aliphatic hydroxyl groups excluding tert-OH is 1. The van der Waals surface area contributed by atoms with Gasteiger partial charge in [-0.1, -0.05) is 48.5 Å². The fourth-order valence-electron chi connectivity index (χ4n) is 4.35. The SMILES string of the molecule is Cc1ccc(O)c(N2C(=O)C(=O)/C(=C(\O)c3cccc4ccccc34)C2c2ccncc2)c1. The zero-order valence-corrected chi connectivity index (χ0v) is 17.8. The molecule has 2 heterocycles. The van der Waals surface area contributed by atoms with E-state index in [2.05, 4.69) is 4.98 Å². The van der Waals surface area contributed by atoms with Crippen LogP contribution in [-0.4, -0.2) is 26.9 Å². The van der Waals surface area contributed by atoms with Crippen LogP contribution in [0.25, 0.3) is 16.5 Å². The first kappa shape index (κ1) is 20.5. The van der Waals surface area contributed by atoms with Crippen LogP contribution in [0, 0.1) is 6.92 Å². The zero-order valence-electron chi connectivity index (χ0n) is 17.8. The van der Waals surface area contributed by atoms with E-state index in [1.165, 1.54) is 11.0 Å². The third-order valence-electron chi connectivity index (χ3n) is 5.90. The average Bonchev–Trinajstić information content (AvgIpc) is 3.10. The number of rotatable bonds is 3. The number of aryl methyl sites for hydroxylation is 1. The Balaban J connectivity index is 1.80. The number of phenols is 1. The summed E-state index contributed by atoms with van der Waals surface area (Å²) in [6.07, 6.45) is 3.12. The summed E-state index contributed by atoms with van der Waals surface area (Å²) >= 11 is 0. The van der Waals surface area contributed by atoms with Gasteiger partial charge in [-0.2, -0.15) is 0 Å². The van der Waals surface area contributed by atoms with E-state index in [1.807, 2.05) is 37.3 Å². The van der Waals surface area contributed by atoms with Crippen molar-refractivity contribution in [3.05, 3.63) is 107 Å². The van der Waals surface area contributed by atoms with Crippen LogP contribution in [0.2, 0.25) is 0 Å². The maximum Gasteiger partial charge on any atom is 0.300 e. The van der Waals surface area contributed by atoms with E-state index < -0.39 is 17.7 Å². The first-order chi connectivity index (χ1) is 16.0. The maximum atomic E-state index is 13.3. The number of aliphatic hydroxyl groups is 1. The molecule has 0 aliphatic carbocycles. The molecule has 0 bridgehead atoms. The molecule has 3 aromatic carbocycles. The fourth-order valence-corrected chi connectivity index (χ4v) is 4.35. The molecule has 0 spiro atoms. The monoisotopic (exact) mass is 436 g/mol. The Hall–Kier alpha value is -4.45. The maximum absolute atomic E-state index is 13.3. The minimum absolute atomic E-state index is 0.0385. The van der Waals surface area contributed by atoms with E-state index in [-0.39, 0.29) is 22.8 Å². The lowest BCUT2D eigenvalue weighted by molar-refractivity contribution is -0.132. The molecule has 1 atom stereocenters. The highest BCUT2D eigenvalue weighted by Crippen LogP contribution is 2.45. The number of ketones is 1. The highest BCUT2D eigenvalue weighted by atomic mass is 16.3. The Morgan fingerprint density at radius 1 is 0.939 bits per heavy atom. The standard InChI is InChI=1S/C27H20N2O4/c1-16-9-10-22(30)21(15-16)29-24(18-11-13-28-14-12-18)23(26(32)27(29)33)25(31)20-8-4-6-17-5-2-3-7-19(17)20/h2-15,24,30-31H,1H3/b25-23-. The van der Waals surface area contributed by atoms with Crippen molar-refractivity contribution in [2.45, 2.75) is 13.0 Å². The van der Waals surface area contributed by atoms with E-state index in [4.69, 9.17) is 0 Å². The van der Waals surface area contributed by atoms with E-state index in [0.29, 0.717) is 11.1 Å². The number of nitrogens with zero attached hydrogens (tertiary/aromatic N) is 2. The van der Waals surface area contributed by atoms with Crippen molar-refractivity contribution in [1.82, 2.24) is 4.98 Å². The number of phenolic OH excluding ortho intramolecular Hbond substituents is 1. The molecule has 1 fully saturated rings. The lowest BCUT2D eigenvalue weighted by atomic mass is 9.93. The zero-order chi connectivity index (χ0) is 23.1. The predicted octanol–water partition coefficient (Wildman–Crippen LogP) is 4.88. The van der Waals surface area contributed by atoms with Crippen molar-refractivity contribution in [1.29, 1.82) is 0 Å². The highest BCUT2D eigenvalue weighted by molar-refractivity contribution is 6.52. The van der Waals surface area contributed by atoms with E-state index in [0.717, 1.165) is 16.3 Å². The number of anilines is 1. The Labute approximate surface area is 190 Å². The molecule has 1 aromatic heterocycles. The van der Waals surface area contributed by atoms with Crippen LogP contribution in [0.1, 0.15) is 22.7 Å². The summed E-state index contributed by atoms with van der Waals surface area (Å²) in [5.41, 5.74) is 2.03. The Bertz CT molecular complexity index is 1440. The second kappa shape index (κ2) is 7.91. The van der Waals surface area contributed by atoms with Gasteiger partial charge >= 0.3 is 0 Å². The summed E-state index contributed by atoms with van der Waals surface area (Å²) in [7, 11) is 0. The summed E-state index contributed by atoms with van der Waals surface area (Å²) < 4.78 is 0. The fraction of sp³-hybridized carbons (Fsp3) is 0.0741. The molecule has 1 aliphatic rings. The number of benzene rings is 3. The molecule has 6 heteroatoms. The molecule has 2 N–H and O–H groups in total. The minimum atomic E-state index is -0.931. The topological polar surface area (TPSA) is 90.7 Å². The van der Waals surface area contributed by atoms with Crippen LogP contribution in [0.3, 0.4) is 0 Å². The van der Waals surface area contributed by atoms with Crippen molar-refractivity contribution >= 4 is 33.9 Å². The number of amides is 1. The van der Waals surface area contributed by atoms with Gasteiger partial charge in [0.1, 0.15) is 11.5 Å². The van der Waals surface area contributed by atoms with Gasteiger partial charge in [0, 0.05) is 18.0 Å². The van der Waals surface area contributed by atoms with Gasteiger partial charge in [0.15, 0.2) is 0 Å². The number of Topliss-reactive ketones (excluding diaryl/α,β-unsaturated/α-hetero) is 1. The molecule has 4 aromatic rings. The first-order valence-electron chi connectivity index (χ1n) is 10.5. The molecule has 6 nitrogen and oxygen atoms in total. The lowest BCUT2D eigenvalue weighted by Gasteiger charge is -2.26. The van der Waals surface area contributed by atoms with E-state index >= 15 is 0 Å². The molecule has 1 amide bonds. The van der Waals surface area contributed by atoms with Crippen LogP contribution in [-0.2, 0) is 9.59 Å². The quantitative estimate of drug-likeness (QED) is 0.272. The second-order valence-corrected chi connectivity index (χ2v) is 7.97. The molecule has 0 saturated carbocycles. The molecule has 0 radical (unpaired) electrons. The predicted molar refractivity (Wildman–Crippen MR) is 126 cm³/mol. The molecule has 1 unspecified atom stereocenters. The van der Waals surface area contributed by atoms with Crippen molar-refractivity contribution < 1.29 is 19.8 Å². The number of aromatic hydroxyl groups is 1. The number of carbonyl (C=O) groups excluding carboxylic acids is 2. The van der Waals surface area contributed by atoms with Crippen molar-refractivity contribution in [2.24, 2.45) is 0 Å². The average molecular weight is 436 g/mol. The molecule has 162 valence electrons. The van der Waals surface area contributed by atoms with Gasteiger partial charge in [-0.15, -0.1) is 0 Å². The number of hydrogen-bond acceptors (Lipinski definition) is 5. The Kier molecular flexibility index (Phi) is 4.90. The van der Waals surface area contributed by atoms with Crippen molar-refractivity contribution in [2.75, 3.05) is 4.90 Å². The molecule has 1 aliphatic heterocycles. The number of hydrogen-bond donors (Lipinski definition) is 2. The summed E-state index contributed by atoms with van der Waals surface area (Å²) in [6.45, 7) is 1.83. The number of aromatic nitrogens is 1. The minimum Gasteiger partial charge on any atom is -0.507 e. The summed E-state index contributed by atoms with van der Waals surface area (Å²) in [4.78, 5) is 31.9. The summed E-state index contributed by atoms with van der Waals surface area (Å²) in [5.74, 6) is -2.03. The first-order valence-corrected chi connectivity index (χ1v) is 10.5. The molecule has 33 heavy (non-hydrogen) atoms. The molecular formula is C27H20N2O4. The Morgan fingerprint density at radius 2 is 1.67 bits per heavy atom. The van der Waals surface area contributed by atoms with Crippen molar-refractivity contribution in [3.8, 4) is 5.75 Å².